The van der Waals surface area contributed by atoms with Crippen molar-refractivity contribution in [1.82, 2.24) is 14.7 Å². The first-order valence-electron chi connectivity index (χ1n) is 7.81. The predicted molar refractivity (Wildman–Crippen MR) is 81.2 cm³/mol. The van der Waals surface area contributed by atoms with Crippen LogP contribution < -0.4 is 0 Å². The highest BCUT2D eigenvalue weighted by Gasteiger charge is 2.25. The van der Waals surface area contributed by atoms with Gasteiger partial charge in [-0.05, 0) is 43.7 Å². The van der Waals surface area contributed by atoms with Gasteiger partial charge in [-0.15, -0.1) is 0 Å². The van der Waals surface area contributed by atoms with Crippen molar-refractivity contribution in [2.75, 3.05) is 6.54 Å². The van der Waals surface area contributed by atoms with Crippen LogP contribution in [0.15, 0.2) is 30.5 Å². The van der Waals surface area contributed by atoms with Gasteiger partial charge in [0.15, 0.2) is 0 Å². The molecule has 0 N–H and O–H groups in total. The molecule has 1 aromatic heterocycles. The van der Waals surface area contributed by atoms with Gasteiger partial charge in [-0.2, -0.15) is 5.10 Å². The van der Waals surface area contributed by atoms with Crippen LogP contribution in [0.2, 0.25) is 0 Å². The third-order valence-electron chi connectivity index (χ3n) is 4.32. The van der Waals surface area contributed by atoms with E-state index in [1.807, 2.05) is 19.3 Å². The second-order valence-electron chi connectivity index (χ2n) is 5.99. The second-order valence-corrected chi connectivity index (χ2v) is 5.99. The Labute approximate surface area is 129 Å². The molecule has 2 aromatic rings. The zero-order valence-electron chi connectivity index (χ0n) is 12.8. The fourth-order valence-electron chi connectivity index (χ4n) is 3.19. The smallest absolute Gasteiger partial charge is 0.127 e. The van der Waals surface area contributed by atoms with Crippen molar-refractivity contribution in [2.24, 2.45) is 7.05 Å². The van der Waals surface area contributed by atoms with Gasteiger partial charge in [0.05, 0.1) is 11.7 Å². The lowest BCUT2D eigenvalue weighted by molar-refractivity contribution is 0.185. The quantitative estimate of drug-likeness (QED) is 0.859. The second kappa shape index (κ2) is 6.57. The molecule has 1 aliphatic rings. The van der Waals surface area contributed by atoms with Crippen molar-refractivity contribution in [3.63, 3.8) is 0 Å². The van der Waals surface area contributed by atoms with Crippen LogP contribution in [0.1, 0.15) is 43.0 Å². The molecule has 1 aromatic carbocycles. The molecule has 0 amide bonds. The number of aromatic nitrogens is 2. The van der Waals surface area contributed by atoms with Crippen LogP contribution in [0.3, 0.4) is 0 Å². The van der Waals surface area contributed by atoms with Gasteiger partial charge in [0, 0.05) is 25.4 Å². The van der Waals surface area contributed by atoms with Gasteiger partial charge in [-0.1, -0.05) is 12.8 Å². The average molecular weight is 305 g/mol. The van der Waals surface area contributed by atoms with Crippen LogP contribution in [0.25, 0.3) is 0 Å². The molecule has 0 unspecified atom stereocenters. The topological polar surface area (TPSA) is 21.1 Å². The lowest BCUT2D eigenvalue weighted by atomic mass is 10.1. The van der Waals surface area contributed by atoms with E-state index in [1.54, 1.807) is 4.68 Å². The summed E-state index contributed by atoms with van der Waals surface area (Å²) in [5.74, 6) is -0.731. The Balaban J connectivity index is 1.85. The monoisotopic (exact) mass is 305 g/mol. The van der Waals surface area contributed by atoms with E-state index in [0.29, 0.717) is 12.1 Å². The van der Waals surface area contributed by atoms with Crippen molar-refractivity contribution >= 4 is 0 Å². The summed E-state index contributed by atoms with van der Waals surface area (Å²) in [7, 11) is 1.90. The van der Waals surface area contributed by atoms with E-state index >= 15 is 0 Å². The van der Waals surface area contributed by atoms with E-state index in [4.69, 9.17) is 0 Å². The standard InChI is InChI=1S/C17H21F2N3/c1-21-10-8-16(20-21)17-5-3-2-4-9-22(17)12-13-11-14(18)6-7-15(13)19/h6-8,10-11,17H,2-5,9,12H2,1H3/t17-/m0/s1. The number of likely N-dealkylation sites (tertiary alicyclic amines) is 1. The molecule has 22 heavy (non-hydrogen) atoms. The van der Waals surface area contributed by atoms with E-state index < -0.39 is 0 Å². The van der Waals surface area contributed by atoms with Gasteiger partial charge in [0.1, 0.15) is 11.6 Å². The normalized spacial score (nSPS) is 20.0. The summed E-state index contributed by atoms with van der Waals surface area (Å²) in [6.45, 7) is 1.31. The Hall–Kier alpha value is -1.75. The molecular weight excluding hydrogens is 284 g/mol. The van der Waals surface area contributed by atoms with Crippen LogP contribution in [0.4, 0.5) is 8.78 Å². The van der Waals surface area contributed by atoms with E-state index in [-0.39, 0.29) is 17.7 Å². The van der Waals surface area contributed by atoms with Gasteiger partial charge in [0.25, 0.3) is 0 Å². The third-order valence-corrected chi connectivity index (χ3v) is 4.32. The Kier molecular flexibility index (Phi) is 4.52. The maximum absolute atomic E-state index is 13.9. The molecule has 1 fully saturated rings. The molecule has 5 heteroatoms. The van der Waals surface area contributed by atoms with Crippen molar-refractivity contribution in [3.8, 4) is 0 Å². The highest BCUT2D eigenvalue weighted by molar-refractivity contribution is 5.19. The molecule has 0 bridgehead atoms. The minimum absolute atomic E-state index is 0.173. The molecule has 1 saturated heterocycles. The number of aryl methyl sites for hydroxylation is 1. The molecule has 118 valence electrons. The van der Waals surface area contributed by atoms with E-state index in [1.165, 1.54) is 18.6 Å². The summed E-state index contributed by atoms with van der Waals surface area (Å²) in [5.41, 5.74) is 1.43. The van der Waals surface area contributed by atoms with Crippen LogP contribution >= 0.6 is 0 Å². The van der Waals surface area contributed by atoms with E-state index in [2.05, 4.69) is 10.00 Å². The van der Waals surface area contributed by atoms with Gasteiger partial charge < -0.3 is 0 Å². The molecule has 0 saturated carbocycles. The van der Waals surface area contributed by atoms with Gasteiger partial charge in [-0.3, -0.25) is 9.58 Å². The molecule has 3 nitrogen and oxygen atoms in total. The maximum atomic E-state index is 13.9. The first kappa shape index (κ1) is 15.2. The maximum Gasteiger partial charge on any atom is 0.127 e. The molecule has 3 rings (SSSR count). The fourth-order valence-corrected chi connectivity index (χ4v) is 3.19. The summed E-state index contributed by atoms with van der Waals surface area (Å²) in [4.78, 5) is 2.23. The summed E-state index contributed by atoms with van der Waals surface area (Å²) in [6, 6.07) is 5.86. The molecule has 1 atom stereocenters. The van der Waals surface area contributed by atoms with Crippen LogP contribution in [-0.2, 0) is 13.6 Å². The predicted octanol–water partition coefficient (Wildman–Crippen LogP) is 3.82. The van der Waals surface area contributed by atoms with Crippen LogP contribution in [0.5, 0.6) is 0 Å². The molecule has 0 radical (unpaired) electrons. The molecule has 0 spiro atoms. The van der Waals surface area contributed by atoms with Crippen molar-refractivity contribution in [3.05, 3.63) is 53.4 Å². The van der Waals surface area contributed by atoms with Crippen molar-refractivity contribution < 1.29 is 8.78 Å². The number of benzene rings is 1. The molecule has 1 aliphatic heterocycles. The Morgan fingerprint density at radius 1 is 1.18 bits per heavy atom. The first-order valence-corrected chi connectivity index (χ1v) is 7.81. The summed E-state index contributed by atoms with van der Waals surface area (Å²) in [5, 5.41) is 4.52. The molecular formula is C17H21F2N3. The van der Waals surface area contributed by atoms with Gasteiger partial charge in [0.2, 0.25) is 0 Å². The Morgan fingerprint density at radius 2 is 2.05 bits per heavy atom. The minimum Gasteiger partial charge on any atom is -0.290 e. The Bertz CT molecular complexity index is 639. The number of rotatable bonds is 3. The largest absolute Gasteiger partial charge is 0.290 e. The zero-order valence-corrected chi connectivity index (χ0v) is 12.8. The lowest BCUT2D eigenvalue weighted by Gasteiger charge is -2.29. The SMILES string of the molecule is Cn1ccc([C@@H]2CCCCCN2Cc2cc(F)ccc2F)n1. The molecule has 2 heterocycles. The van der Waals surface area contributed by atoms with Gasteiger partial charge >= 0.3 is 0 Å². The fraction of sp³-hybridized carbons (Fsp3) is 0.471. The first-order chi connectivity index (χ1) is 10.6. The minimum atomic E-state index is -0.388. The number of nitrogens with zero attached hydrogens (tertiary/aromatic N) is 3. The third kappa shape index (κ3) is 3.35. The van der Waals surface area contributed by atoms with E-state index in [0.717, 1.165) is 37.6 Å². The van der Waals surface area contributed by atoms with Gasteiger partial charge in [-0.25, -0.2) is 8.78 Å². The summed E-state index contributed by atoms with van der Waals surface area (Å²) in [6.07, 6.45) is 6.34. The summed E-state index contributed by atoms with van der Waals surface area (Å²) >= 11 is 0. The van der Waals surface area contributed by atoms with Crippen LogP contribution in [0, 0.1) is 11.6 Å². The van der Waals surface area contributed by atoms with Crippen molar-refractivity contribution in [1.29, 1.82) is 0 Å². The molecule has 0 aliphatic carbocycles. The van der Waals surface area contributed by atoms with Crippen molar-refractivity contribution in [2.45, 2.75) is 38.3 Å². The average Bonchev–Trinajstić information content (AvgIpc) is 2.78. The Morgan fingerprint density at radius 3 is 2.82 bits per heavy atom. The number of hydrogen-bond donors (Lipinski definition) is 0. The lowest BCUT2D eigenvalue weighted by Crippen LogP contribution is -2.29. The van der Waals surface area contributed by atoms with Crippen LogP contribution in [-0.4, -0.2) is 21.2 Å². The highest BCUT2D eigenvalue weighted by atomic mass is 19.1. The van der Waals surface area contributed by atoms with E-state index in [9.17, 15) is 8.78 Å². The zero-order chi connectivity index (χ0) is 15.5. The number of hydrogen-bond acceptors (Lipinski definition) is 2. The number of halogens is 2. The summed E-state index contributed by atoms with van der Waals surface area (Å²) < 4.78 is 29.1. The highest BCUT2D eigenvalue weighted by Crippen LogP contribution is 2.30.